The Kier molecular flexibility index (Phi) is 7.66. The lowest BCUT2D eigenvalue weighted by Crippen LogP contribution is -2.50. The third-order valence-corrected chi connectivity index (χ3v) is 5.02. The van der Waals surface area contributed by atoms with Crippen LogP contribution in [0.4, 0.5) is 0 Å². The van der Waals surface area contributed by atoms with Crippen molar-refractivity contribution in [1.82, 2.24) is 4.90 Å². The van der Waals surface area contributed by atoms with Gasteiger partial charge in [0.1, 0.15) is 0 Å². The summed E-state index contributed by atoms with van der Waals surface area (Å²) in [4.78, 5) is 2.64. The molecule has 0 aromatic heterocycles. The summed E-state index contributed by atoms with van der Waals surface area (Å²) in [6.45, 7) is 5.61. The lowest BCUT2D eigenvalue weighted by atomic mass is 9.82. The van der Waals surface area contributed by atoms with Gasteiger partial charge in [-0.05, 0) is 37.5 Å². The summed E-state index contributed by atoms with van der Waals surface area (Å²) in [5.74, 6) is 1.86. The number of piperidine rings is 1. The molecule has 0 amide bonds. The second-order valence-electron chi connectivity index (χ2n) is 6.39. The monoisotopic (exact) mass is 290 g/mol. The van der Waals surface area contributed by atoms with E-state index in [2.05, 4.69) is 11.8 Å². The average molecular weight is 291 g/mol. The maximum absolute atomic E-state index is 5.94. The van der Waals surface area contributed by atoms with Gasteiger partial charge >= 0.3 is 0 Å². The molecular formula is C15H31ClN2O. The van der Waals surface area contributed by atoms with Crippen molar-refractivity contribution >= 4 is 12.4 Å². The number of nitrogens with zero attached hydrogens (tertiary/aromatic N) is 1. The number of methoxy groups -OCH3 is 1. The van der Waals surface area contributed by atoms with Crippen molar-refractivity contribution in [3.63, 3.8) is 0 Å². The molecule has 0 radical (unpaired) electrons. The Morgan fingerprint density at radius 2 is 1.84 bits per heavy atom. The Labute approximate surface area is 124 Å². The molecule has 2 atom stereocenters. The highest BCUT2D eigenvalue weighted by atomic mass is 35.5. The zero-order valence-corrected chi connectivity index (χ0v) is 13.3. The Hall–Kier alpha value is 0.170. The second-order valence-corrected chi connectivity index (χ2v) is 6.39. The van der Waals surface area contributed by atoms with Crippen molar-refractivity contribution in [3.8, 4) is 0 Å². The van der Waals surface area contributed by atoms with E-state index in [-0.39, 0.29) is 12.4 Å². The van der Waals surface area contributed by atoms with Gasteiger partial charge in [-0.25, -0.2) is 0 Å². The fourth-order valence-corrected chi connectivity index (χ4v) is 3.61. The summed E-state index contributed by atoms with van der Waals surface area (Å²) in [6, 6.07) is 0.544. The number of nitrogens with two attached hydrogens (primary N) is 1. The molecule has 2 rings (SSSR count). The van der Waals surface area contributed by atoms with Crippen LogP contribution in [0.25, 0.3) is 0 Å². The molecule has 3 nitrogen and oxygen atoms in total. The van der Waals surface area contributed by atoms with Gasteiger partial charge < -0.3 is 10.5 Å². The SMILES string of the molecule is COC1CCN(CC2CCC(C)CC2)C(CN)C1.Cl. The lowest BCUT2D eigenvalue weighted by molar-refractivity contribution is 0.00486. The van der Waals surface area contributed by atoms with E-state index in [9.17, 15) is 0 Å². The van der Waals surface area contributed by atoms with Gasteiger partial charge in [-0.15, -0.1) is 12.4 Å². The molecule has 2 fully saturated rings. The van der Waals surface area contributed by atoms with Crippen molar-refractivity contribution in [2.45, 2.75) is 57.6 Å². The number of ether oxygens (including phenoxy) is 1. The van der Waals surface area contributed by atoms with Crippen LogP contribution in [0, 0.1) is 11.8 Å². The Morgan fingerprint density at radius 1 is 1.16 bits per heavy atom. The standard InChI is InChI=1S/C15H30N2O.ClH/c1-12-3-5-13(6-4-12)11-17-8-7-15(18-2)9-14(17)10-16;/h12-15H,3-11,16H2,1-2H3;1H. The molecule has 1 aliphatic heterocycles. The van der Waals surface area contributed by atoms with Crippen molar-refractivity contribution in [2.75, 3.05) is 26.7 Å². The largest absolute Gasteiger partial charge is 0.381 e. The first kappa shape index (κ1) is 17.2. The second kappa shape index (κ2) is 8.46. The van der Waals surface area contributed by atoms with E-state index < -0.39 is 0 Å². The summed E-state index contributed by atoms with van der Waals surface area (Å²) >= 11 is 0. The van der Waals surface area contributed by atoms with Crippen LogP contribution in [0.2, 0.25) is 0 Å². The molecule has 4 heteroatoms. The van der Waals surface area contributed by atoms with Crippen LogP contribution in [0.15, 0.2) is 0 Å². The third-order valence-electron chi connectivity index (χ3n) is 5.02. The van der Waals surface area contributed by atoms with Gasteiger partial charge in [-0.1, -0.05) is 19.8 Å². The number of halogens is 1. The molecule has 1 aliphatic carbocycles. The summed E-state index contributed by atoms with van der Waals surface area (Å²) in [7, 11) is 1.83. The van der Waals surface area contributed by atoms with Gasteiger partial charge in [0, 0.05) is 32.8 Å². The Morgan fingerprint density at radius 3 is 2.42 bits per heavy atom. The maximum Gasteiger partial charge on any atom is 0.0599 e. The van der Waals surface area contributed by atoms with E-state index in [1.807, 2.05) is 7.11 Å². The Balaban J connectivity index is 0.00000180. The molecule has 1 saturated carbocycles. The molecular weight excluding hydrogens is 260 g/mol. The van der Waals surface area contributed by atoms with Gasteiger partial charge in [-0.3, -0.25) is 4.90 Å². The van der Waals surface area contributed by atoms with Gasteiger partial charge in [0.05, 0.1) is 6.10 Å². The summed E-state index contributed by atoms with van der Waals surface area (Å²) < 4.78 is 5.49. The predicted octanol–water partition coefficient (Wildman–Crippen LogP) is 2.67. The molecule has 2 N–H and O–H groups in total. The van der Waals surface area contributed by atoms with E-state index in [1.54, 1.807) is 0 Å². The van der Waals surface area contributed by atoms with Crippen LogP contribution >= 0.6 is 12.4 Å². The number of hydrogen-bond donors (Lipinski definition) is 1. The molecule has 2 aliphatic rings. The van der Waals surface area contributed by atoms with E-state index >= 15 is 0 Å². The first-order chi connectivity index (χ1) is 8.72. The van der Waals surface area contributed by atoms with Crippen LogP contribution in [0.5, 0.6) is 0 Å². The molecule has 19 heavy (non-hydrogen) atoms. The zero-order chi connectivity index (χ0) is 13.0. The van der Waals surface area contributed by atoms with Crippen molar-refractivity contribution in [1.29, 1.82) is 0 Å². The number of hydrogen-bond acceptors (Lipinski definition) is 3. The van der Waals surface area contributed by atoms with Gasteiger partial charge in [0.2, 0.25) is 0 Å². The fourth-order valence-electron chi connectivity index (χ4n) is 3.61. The van der Waals surface area contributed by atoms with E-state index in [4.69, 9.17) is 10.5 Å². The molecule has 114 valence electrons. The van der Waals surface area contributed by atoms with Crippen molar-refractivity contribution in [3.05, 3.63) is 0 Å². The summed E-state index contributed by atoms with van der Waals surface area (Å²) in [5, 5.41) is 0. The molecule has 0 aromatic carbocycles. The fraction of sp³-hybridized carbons (Fsp3) is 1.00. The molecule has 2 unspecified atom stereocenters. The van der Waals surface area contributed by atoms with E-state index in [0.29, 0.717) is 12.1 Å². The molecule has 0 bridgehead atoms. The molecule has 1 heterocycles. The zero-order valence-electron chi connectivity index (χ0n) is 12.5. The summed E-state index contributed by atoms with van der Waals surface area (Å²) in [6.07, 6.45) is 8.41. The summed E-state index contributed by atoms with van der Waals surface area (Å²) in [5.41, 5.74) is 5.94. The molecule has 0 aromatic rings. The van der Waals surface area contributed by atoms with Crippen LogP contribution < -0.4 is 5.73 Å². The quantitative estimate of drug-likeness (QED) is 0.865. The van der Waals surface area contributed by atoms with Crippen LogP contribution in [0.3, 0.4) is 0 Å². The minimum atomic E-state index is 0. The first-order valence-electron chi connectivity index (χ1n) is 7.69. The van der Waals surface area contributed by atoms with Crippen molar-refractivity contribution in [2.24, 2.45) is 17.6 Å². The van der Waals surface area contributed by atoms with Gasteiger partial charge in [0.25, 0.3) is 0 Å². The average Bonchev–Trinajstić information content (AvgIpc) is 2.41. The first-order valence-corrected chi connectivity index (χ1v) is 7.69. The van der Waals surface area contributed by atoms with Gasteiger partial charge in [-0.2, -0.15) is 0 Å². The molecule has 0 spiro atoms. The smallest absolute Gasteiger partial charge is 0.0599 e. The molecule has 1 saturated heterocycles. The predicted molar refractivity (Wildman–Crippen MR) is 82.8 cm³/mol. The normalized spacial score (nSPS) is 36.8. The third kappa shape index (κ3) is 4.89. The van der Waals surface area contributed by atoms with Gasteiger partial charge in [0.15, 0.2) is 0 Å². The minimum absolute atomic E-state index is 0. The van der Waals surface area contributed by atoms with Crippen LogP contribution in [-0.2, 0) is 4.74 Å². The highest BCUT2D eigenvalue weighted by Gasteiger charge is 2.29. The maximum atomic E-state index is 5.94. The highest BCUT2D eigenvalue weighted by Crippen LogP contribution is 2.30. The van der Waals surface area contributed by atoms with Crippen molar-refractivity contribution < 1.29 is 4.74 Å². The number of likely N-dealkylation sites (tertiary alicyclic amines) is 1. The number of rotatable bonds is 4. The highest BCUT2D eigenvalue weighted by molar-refractivity contribution is 5.85. The van der Waals surface area contributed by atoms with E-state index in [1.165, 1.54) is 45.2 Å². The Bertz CT molecular complexity index is 244. The van der Waals surface area contributed by atoms with E-state index in [0.717, 1.165) is 24.8 Å². The minimum Gasteiger partial charge on any atom is -0.381 e. The topological polar surface area (TPSA) is 38.5 Å². The van der Waals surface area contributed by atoms with Crippen LogP contribution in [-0.4, -0.2) is 43.8 Å². The lowest BCUT2D eigenvalue weighted by Gasteiger charge is -2.41. The van der Waals surface area contributed by atoms with Crippen LogP contribution in [0.1, 0.15) is 45.4 Å².